The van der Waals surface area contributed by atoms with Gasteiger partial charge in [0.25, 0.3) is 0 Å². The van der Waals surface area contributed by atoms with Crippen LogP contribution in [0.4, 0.5) is 26.3 Å². The Morgan fingerprint density at radius 2 is 1.55 bits per heavy atom. The summed E-state index contributed by atoms with van der Waals surface area (Å²) in [6, 6.07) is 6.42. The quantitative estimate of drug-likeness (QED) is 0.144. The minimum absolute atomic E-state index is 0.0854. The maximum atomic E-state index is 12.8. The van der Waals surface area contributed by atoms with Crippen molar-refractivity contribution in [2.45, 2.75) is 38.0 Å². The molecule has 2 aliphatic carbocycles. The predicted molar refractivity (Wildman–Crippen MR) is 121 cm³/mol. The Hall–Kier alpha value is -3.31. The van der Waals surface area contributed by atoms with Gasteiger partial charge in [-0.05, 0) is 55.2 Å². The fraction of sp³-hybridized carbons (Fsp3) is 0.500. The molecule has 0 bridgehead atoms. The summed E-state index contributed by atoms with van der Waals surface area (Å²) in [6.07, 6.45) is -6.24. The average Bonchev–Trinajstić information content (AvgIpc) is 3.17. The zero-order valence-corrected chi connectivity index (χ0v) is 20.4. The first-order valence-electron chi connectivity index (χ1n) is 11.7. The van der Waals surface area contributed by atoms with Crippen molar-refractivity contribution in [3.8, 4) is 0 Å². The zero-order valence-electron chi connectivity index (χ0n) is 20.4. The van der Waals surface area contributed by atoms with Crippen molar-refractivity contribution in [3.63, 3.8) is 0 Å². The second-order valence-corrected chi connectivity index (χ2v) is 9.49. The first-order valence-corrected chi connectivity index (χ1v) is 11.7. The molecule has 0 heterocycles. The Balaban J connectivity index is 1.85. The summed E-state index contributed by atoms with van der Waals surface area (Å²) in [5, 5.41) is 0. The molecule has 208 valence electrons. The number of esters is 3. The van der Waals surface area contributed by atoms with Gasteiger partial charge in [-0.1, -0.05) is 36.4 Å². The molecule has 2 fully saturated rings. The number of hydrogen-bond donors (Lipinski definition) is 0. The minimum Gasteiger partial charge on any atom is -0.465 e. The Morgan fingerprint density at radius 1 is 1.00 bits per heavy atom. The molecule has 0 N–H and O–H groups in total. The van der Waals surface area contributed by atoms with Gasteiger partial charge in [-0.2, -0.15) is 26.3 Å². The maximum absolute atomic E-state index is 12.8. The summed E-state index contributed by atoms with van der Waals surface area (Å²) in [5.74, 6) is -4.60. The van der Waals surface area contributed by atoms with E-state index in [9.17, 15) is 40.7 Å². The Labute approximate surface area is 214 Å². The fourth-order valence-corrected chi connectivity index (χ4v) is 5.13. The van der Waals surface area contributed by atoms with Crippen molar-refractivity contribution < 1.29 is 54.9 Å². The van der Waals surface area contributed by atoms with Gasteiger partial charge in [0.15, 0.2) is 18.6 Å². The third-order valence-electron chi connectivity index (χ3n) is 6.93. The number of halogens is 6. The summed E-state index contributed by atoms with van der Waals surface area (Å²) in [4.78, 5) is 37.2. The van der Waals surface area contributed by atoms with E-state index in [0.717, 1.165) is 5.57 Å². The van der Waals surface area contributed by atoms with Crippen molar-refractivity contribution in [2.24, 2.45) is 23.2 Å². The standard InChI is InChI=1S/C26H26F6O6/c1-15-11-18-9-10-24(22(34)37-13-25(27,28)29,23(35)38-14-26(30,31)32)12-20(18)19(15)8-5-16-3-6-17(7-4-16)21(33)36-2/h3-8,18-20H,1,9-14H2,2H3/b8-5+/t18-,19+,20+/m0/s1. The van der Waals surface area contributed by atoms with Crippen LogP contribution in [0, 0.1) is 23.2 Å². The average molecular weight is 548 g/mol. The lowest BCUT2D eigenvalue weighted by atomic mass is 9.64. The van der Waals surface area contributed by atoms with Crippen molar-refractivity contribution in [2.75, 3.05) is 20.3 Å². The number of ether oxygens (including phenoxy) is 3. The smallest absolute Gasteiger partial charge is 0.422 e. The molecule has 2 saturated carbocycles. The summed E-state index contributed by atoms with van der Waals surface area (Å²) >= 11 is 0. The van der Waals surface area contributed by atoms with Gasteiger partial charge in [-0.3, -0.25) is 9.59 Å². The monoisotopic (exact) mass is 548 g/mol. The zero-order chi connectivity index (χ0) is 28.3. The van der Waals surface area contributed by atoms with Crippen LogP contribution in [0.25, 0.3) is 6.08 Å². The summed E-state index contributed by atoms with van der Waals surface area (Å²) in [6.45, 7) is 0.0922. The molecule has 2 aliphatic rings. The van der Waals surface area contributed by atoms with E-state index in [1.165, 1.54) is 7.11 Å². The van der Waals surface area contributed by atoms with Crippen LogP contribution < -0.4 is 0 Å². The molecule has 6 nitrogen and oxygen atoms in total. The van der Waals surface area contributed by atoms with Crippen LogP contribution in [0.3, 0.4) is 0 Å². The third-order valence-corrected chi connectivity index (χ3v) is 6.93. The van der Waals surface area contributed by atoms with E-state index in [0.29, 0.717) is 17.5 Å². The van der Waals surface area contributed by atoms with Crippen molar-refractivity contribution >= 4 is 24.0 Å². The molecule has 0 unspecified atom stereocenters. The van der Waals surface area contributed by atoms with Gasteiger partial charge < -0.3 is 14.2 Å². The topological polar surface area (TPSA) is 78.9 Å². The maximum Gasteiger partial charge on any atom is 0.422 e. The van der Waals surface area contributed by atoms with E-state index in [-0.39, 0.29) is 25.2 Å². The number of methoxy groups -OCH3 is 1. The highest BCUT2D eigenvalue weighted by atomic mass is 19.4. The molecular formula is C26H26F6O6. The summed E-state index contributed by atoms with van der Waals surface area (Å²) < 4.78 is 89.6. The van der Waals surface area contributed by atoms with E-state index in [1.807, 2.05) is 0 Å². The fourth-order valence-electron chi connectivity index (χ4n) is 5.13. The SMILES string of the molecule is C=C1C[C@@H]2CCC(C(=O)OCC(F)(F)F)(C(=O)OCC(F)(F)F)C[C@H]2[C@@H]1/C=C/c1ccc(C(=O)OC)cc1. The van der Waals surface area contributed by atoms with Crippen LogP contribution in [0.1, 0.15) is 41.6 Å². The van der Waals surface area contributed by atoms with Gasteiger partial charge in [0, 0.05) is 5.92 Å². The number of fused-ring (bicyclic) bond motifs is 1. The first kappa shape index (κ1) is 29.2. The lowest BCUT2D eigenvalue weighted by Crippen LogP contribution is -2.48. The molecule has 0 aromatic heterocycles. The van der Waals surface area contributed by atoms with Crippen molar-refractivity contribution in [1.29, 1.82) is 0 Å². The van der Waals surface area contributed by atoms with Crippen LogP contribution in [0.15, 0.2) is 42.5 Å². The Bertz CT molecular complexity index is 1060. The van der Waals surface area contributed by atoms with E-state index in [2.05, 4.69) is 20.8 Å². The lowest BCUT2D eigenvalue weighted by Gasteiger charge is -2.40. The largest absolute Gasteiger partial charge is 0.465 e. The molecule has 1 aromatic rings. The molecule has 38 heavy (non-hydrogen) atoms. The van der Waals surface area contributed by atoms with Crippen LogP contribution in [-0.2, 0) is 23.8 Å². The highest BCUT2D eigenvalue weighted by molar-refractivity contribution is 6.00. The van der Waals surface area contributed by atoms with Crippen LogP contribution in [0.5, 0.6) is 0 Å². The van der Waals surface area contributed by atoms with E-state index in [4.69, 9.17) is 0 Å². The third kappa shape index (κ3) is 6.96. The number of alkyl halides is 6. The molecule has 0 aliphatic heterocycles. The predicted octanol–water partition coefficient (Wildman–Crippen LogP) is 5.68. The minimum atomic E-state index is -4.89. The molecule has 1 aromatic carbocycles. The summed E-state index contributed by atoms with van der Waals surface area (Å²) in [5.41, 5.74) is -0.520. The van der Waals surface area contributed by atoms with Crippen molar-refractivity contribution in [1.82, 2.24) is 0 Å². The number of rotatable bonds is 7. The van der Waals surface area contributed by atoms with Gasteiger partial charge in [-0.25, -0.2) is 4.79 Å². The van der Waals surface area contributed by atoms with Crippen LogP contribution in [-0.4, -0.2) is 50.6 Å². The first-order chi connectivity index (χ1) is 17.6. The lowest BCUT2D eigenvalue weighted by molar-refractivity contribution is -0.209. The number of carbonyl (C=O) groups excluding carboxylic acids is 3. The van der Waals surface area contributed by atoms with Gasteiger partial charge in [-0.15, -0.1) is 0 Å². The number of hydrogen-bond acceptors (Lipinski definition) is 6. The molecule has 0 spiro atoms. The van der Waals surface area contributed by atoms with Gasteiger partial charge in [0.05, 0.1) is 12.7 Å². The van der Waals surface area contributed by atoms with Crippen LogP contribution in [0.2, 0.25) is 0 Å². The molecule has 0 amide bonds. The second kappa shape index (κ2) is 11.2. The van der Waals surface area contributed by atoms with Gasteiger partial charge in [0.1, 0.15) is 0 Å². The van der Waals surface area contributed by atoms with E-state index in [1.54, 1.807) is 36.4 Å². The highest BCUT2D eigenvalue weighted by Gasteiger charge is 2.57. The molecule has 12 heteroatoms. The molecule has 0 radical (unpaired) electrons. The Kier molecular flexibility index (Phi) is 8.62. The molecule has 0 saturated heterocycles. The van der Waals surface area contributed by atoms with E-state index >= 15 is 0 Å². The number of benzene rings is 1. The second-order valence-electron chi connectivity index (χ2n) is 9.49. The van der Waals surface area contributed by atoms with Crippen LogP contribution >= 0.6 is 0 Å². The van der Waals surface area contributed by atoms with Gasteiger partial charge >= 0.3 is 30.3 Å². The van der Waals surface area contributed by atoms with Crippen molar-refractivity contribution in [3.05, 3.63) is 53.6 Å². The number of allylic oxidation sites excluding steroid dienone is 2. The van der Waals surface area contributed by atoms with Gasteiger partial charge in [0.2, 0.25) is 0 Å². The molecule has 3 atom stereocenters. The number of carbonyl (C=O) groups is 3. The molecular weight excluding hydrogens is 522 g/mol. The highest BCUT2D eigenvalue weighted by Crippen LogP contribution is 2.55. The Morgan fingerprint density at radius 3 is 2.05 bits per heavy atom. The molecule has 3 rings (SSSR count). The normalized spacial score (nSPS) is 23.1. The van der Waals surface area contributed by atoms with E-state index < -0.39 is 60.7 Å². The summed E-state index contributed by atoms with van der Waals surface area (Å²) in [7, 11) is 1.25.